The van der Waals surface area contributed by atoms with Gasteiger partial charge in [-0.3, -0.25) is 0 Å². The van der Waals surface area contributed by atoms with Gasteiger partial charge in [-0.25, -0.2) is 4.79 Å². The summed E-state index contributed by atoms with van der Waals surface area (Å²) in [5.74, 6) is 5.35. The van der Waals surface area contributed by atoms with Crippen molar-refractivity contribution in [3.05, 3.63) is 35.4 Å². The van der Waals surface area contributed by atoms with Crippen LogP contribution >= 0.6 is 0 Å². The van der Waals surface area contributed by atoms with E-state index in [1.807, 2.05) is 31.2 Å². The van der Waals surface area contributed by atoms with Crippen LogP contribution in [0.25, 0.3) is 0 Å². The van der Waals surface area contributed by atoms with E-state index in [9.17, 15) is 4.79 Å². The molecule has 0 heterocycles. The molecule has 1 aromatic carbocycles. The molecular weight excluding hydrogens is 204 g/mol. The van der Waals surface area contributed by atoms with Crippen LogP contribution < -0.4 is 11.1 Å². The zero-order valence-electron chi connectivity index (χ0n) is 9.03. The molecule has 0 radical (unpaired) electrons. The number of aliphatic hydroxyl groups excluding tert-OH is 1. The Bertz CT molecular complexity index is 415. The van der Waals surface area contributed by atoms with Gasteiger partial charge >= 0.3 is 6.03 Å². The standard InChI is InChI=1S/C12H14N2O2/c1-9(14-12(13)16)11-6-4-10(5-7-11)3-2-8-15/h4-7,9,15H,8H2,1H3,(H3,13,14,16). The number of hydrogen-bond acceptors (Lipinski definition) is 2. The Labute approximate surface area is 94.5 Å². The SMILES string of the molecule is CC(NC(N)=O)c1ccc(C#CCO)cc1. The van der Waals surface area contributed by atoms with Crippen molar-refractivity contribution < 1.29 is 9.90 Å². The predicted molar refractivity (Wildman–Crippen MR) is 61.5 cm³/mol. The summed E-state index contributed by atoms with van der Waals surface area (Å²) in [6, 6.07) is 6.72. The first-order chi connectivity index (χ1) is 7.63. The summed E-state index contributed by atoms with van der Waals surface area (Å²) < 4.78 is 0. The lowest BCUT2D eigenvalue weighted by Gasteiger charge is -2.12. The van der Waals surface area contributed by atoms with Gasteiger partial charge in [0.15, 0.2) is 0 Å². The minimum Gasteiger partial charge on any atom is -0.384 e. The van der Waals surface area contributed by atoms with Gasteiger partial charge in [-0.15, -0.1) is 0 Å². The Hall–Kier alpha value is -1.99. The number of rotatable bonds is 2. The van der Waals surface area contributed by atoms with Crippen LogP contribution in [-0.4, -0.2) is 17.7 Å². The second kappa shape index (κ2) is 5.79. The summed E-state index contributed by atoms with van der Waals surface area (Å²) in [6.07, 6.45) is 0. The molecule has 0 saturated carbocycles. The van der Waals surface area contributed by atoms with Crippen molar-refractivity contribution in [2.45, 2.75) is 13.0 Å². The molecular formula is C12H14N2O2. The Balaban J connectivity index is 2.74. The van der Waals surface area contributed by atoms with Crippen LogP contribution in [0, 0.1) is 11.8 Å². The smallest absolute Gasteiger partial charge is 0.312 e. The number of aliphatic hydroxyl groups is 1. The van der Waals surface area contributed by atoms with Gasteiger partial charge in [-0.2, -0.15) is 0 Å². The van der Waals surface area contributed by atoms with E-state index < -0.39 is 6.03 Å². The zero-order valence-corrected chi connectivity index (χ0v) is 9.03. The maximum atomic E-state index is 10.7. The van der Waals surface area contributed by atoms with Crippen molar-refractivity contribution >= 4 is 6.03 Å². The molecule has 4 heteroatoms. The van der Waals surface area contributed by atoms with E-state index in [4.69, 9.17) is 10.8 Å². The largest absolute Gasteiger partial charge is 0.384 e. The Morgan fingerprint density at radius 2 is 2.12 bits per heavy atom. The molecule has 0 aromatic heterocycles. The molecule has 1 rings (SSSR count). The molecule has 16 heavy (non-hydrogen) atoms. The molecule has 0 aliphatic rings. The van der Waals surface area contributed by atoms with Crippen molar-refractivity contribution in [1.29, 1.82) is 0 Å². The topological polar surface area (TPSA) is 75.3 Å². The quantitative estimate of drug-likeness (QED) is 0.641. The number of hydrogen-bond donors (Lipinski definition) is 3. The number of benzene rings is 1. The highest BCUT2D eigenvalue weighted by molar-refractivity contribution is 5.72. The average Bonchev–Trinajstić information content (AvgIpc) is 2.26. The van der Waals surface area contributed by atoms with Gasteiger partial charge in [0.2, 0.25) is 0 Å². The predicted octanol–water partition coefficient (Wildman–Crippen LogP) is 0.760. The number of carbonyl (C=O) groups excluding carboxylic acids is 1. The highest BCUT2D eigenvalue weighted by atomic mass is 16.2. The minimum absolute atomic E-state index is 0.127. The molecule has 0 fully saturated rings. The van der Waals surface area contributed by atoms with E-state index in [1.54, 1.807) is 0 Å². The lowest BCUT2D eigenvalue weighted by Crippen LogP contribution is -2.31. The lowest BCUT2D eigenvalue weighted by molar-refractivity contribution is 0.246. The van der Waals surface area contributed by atoms with Gasteiger partial charge < -0.3 is 16.2 Å². The second-order valence-electron chi connectivity index (χ2n) is 3.31. The molecule has 1 atom stereocenters. The summed E-state index contributed by atoms with van der Waals surface area (Å²) in [5.41, 5.74) is 6.80. The van der Waals surface area contributed by atoms with Gasteiger partial charge in [0.25, 0.3) is 0 Å². The Morgan fingerprint density at radius 1 is 1.50 bits per heavy atom. The maximum Gasteiger partial charge on any atom is 0.312 e. The molecule has 0 spiro atoms. The first-order valence-electron chi connectivity index (χ1n) is 4.89. The van der Waals surface area contributed by atoms with E-state index in [1.165, 1.54) is 0 Å². The molecule has 0 aliphatic carbocycles. The van der Waals surface area contributed by atoms with Gasteiger partial charge in [-0.1, -0.05) is 24.0 Å². The van der Waals surface area contributed by atoms with Gasteiger partial charge in [0.05, 0.1) is 6.04 Å². The molecule has 84 valence electrons. The molecule has 1 unspecified atom stereocenters. The summed E-state index contributed by atoms with van der Waals surface area (Å²) in [7, 11) is 0. The molecule has 4 N–H and O–H groups in total. The monoisotopic (exact) mass is 218 g/mol. The van der Waals surface area contributed by atoms with Crippen LogP contribution in [0.1, 0.15) is 24.1 Å². The summed E-state index contributed by atoms with van der Waals surface area (Å²) in [6.45, 7) is 1.69. The first kappa shape index (κ1) is 12.1. The van der Waals surface area contributed by atoms with E-state index in [0.717, 1.165) is 11.1 Å². The van der Waals surface area contributed by atoms with Crippen LogP contribution in [0.2, 0.25) is 0 Å². The third-order valence-corrected chi connectivity index (χ3v) is 2.08. The van der Waals surface area contributed by atoms with Crippen molar-refractivity contribution in [3.63, 3.8) is 0 Å². The van der Waals surface area contributed by atoms with Crippen molar-refractivity contribution in [3.8, 4) is 11.8 Å². The fourth-order valence-electron chi connectivity index (χ4n) is 1.29. The summed E-state index contributed by atoms with van der Waals surface area (Å²) in [5, 5.41) is 11.1. The van der Waals surface area contributed by atoms with Gasteiger partial charge in [0, 0.05) is 5.56 Å². The van der Waals surface area contributed by atoms with Gasteiger partial charge in [-0.05, 0) is 24.6 Å². The van der Waals surface area contributed by atoms with Crippen molar-refractivity contribution in [2.24, 2.45) is 5.73 Å². The van der Waals surface area contributed by atoms with E-state index in [2.05, 4.69) is 17.2 Å². The highest BCUT2D eigenvalue weighted by Crippen LogP contribution is 2.12. The number of nitrogens with two attached hydrogens (primary N) is 1. The lowest BCUT2D eigenvalue weighted by atomic mass is 10.1. The second-order valence-corrected chi connectivity index (χ2v) is 3.31. The van der Waals surface area contributed by atoms with E-state index in [-0.39, 0.29) is 12.6 Å². The van der Waals surface area contributed by atoms with E-state index in [0.29, 0.717) is 0 Å². The molecule has 0 bridgehead atoms. The van der Waals surface area contributed by atoms with E-state index >= 15 is 0 Å². The zero-order chi connectivity index (χ0) is 12.0. The third-order valence-electron chi connectivity index (χ3n) is 2.08. The first-order valence-corrected chi connectivity index (χ1v) is 4.89. The van der Waals surface area contributed by atoms with Crippen LogP contribution in [0.5, 0.6) is 0 Å². The number of carbonyl (C=O) groups is 1. The number of primary amides is 1. The summed E-state index contributed by atoms with van der Waals surface area (Å²) >= 11 is 0. The van der Waals surface area contributed by atoms with Crippen LogP contribution in [0.3, 0.4) is 0 Å². The molecule has 0 aliphatic heterocycles. The average molecular weight is 218 g/mol. The Morgan fingerprint density at radius 3 is 2.62 bits per heavy atom. The number of urea groups is 1. The van der Waals surface area contributed by atoms with Crippen LogP contribution in [0.4, 0.5) is 4.79 Å². The highest BCUT2D eigenvalue weighted by Gasteiger charge is 2.05. The Kier molecular flexibility index (Phi) is 4.37. The van der Waals surface area contributed by atoms with Crippen LogP contribution in [0.15, 0.2) is 24.3 Å². The normalized spacial score (nSPS) is 11.1. The summed E-state index contributed by atoms with van der Waals surface area (Å²) in [4.78, 5) is 10.7. The molecule has 1 aromatic rings. The molecule has 0 saturated heterocycles. The minimum atomic E-state index is -0.545. The van der Waals surface area contributed by atoms with Crippen LogP contribution in [-0.2, 0) is 0 Å². The fourth-order valence-corrected chi connectivity index (χ4v) is 1.29. The molecule has 2 amide bonds. The van der Waals surface area contributed by atoms with Gasteiger partial charge in [0.1, 0.15) is 6.61 Å². The number of nitrogens with one attached hydrogen (secondary N) is 1. The third kappa shape index (κ3) is 3.64. The number of amides is 2. The van der Waals surface area contributed by atoms with Crippen molar-refractivity contribution in [2.75, 3.05) is 6.61 Å². The van der Waals surface area contributed by atoms with Crippen molar-refractivity contribution in [1.82, 2.24) is 5.32 Å². The maximum absolute atomic E-state index is 10.7. The molecule has 4 nitrogen and oxygen atoms in total. The fraction of sp³-hybridized carbons (Fsp3) is 0.250.